The molecule has 118 valence electrons. The van der Waals surface area contributed by atoms with E-state index >= 15 is 0 Å². The van der Waals surface area contributed by atoms with E-state index in [1.165, 1.54) is 32.2 Å². The van der Waals surface area contributed by atoms with Gasteiger partial charge in [0.25, 0.3) is 0 Å². The second-order valence-electron chi connectivity index (χ2n) is 7.27. The van der Waals surface area contributed by atoms with Crippen molar-refractivity contribution in [2.45, 2.75) is 77.5 Å². The second kappa shape index (κ2) is 7.77. The fourth-order valence-electron chi connectivity index (χ4n) is 3.90. The third kappa shape index (κ3) is 4.44. The number of aliphatic hydroxyl groups is 1. The second-order valence-corrected chi connectivity index (χ2v) is 7.27. The van der Waals surface area contributed by atoms with Gasteiger partial charge in [0, 0.05) is 25.2 Å². The van der Waals surface area contributed by atoms with Crippen molar-refractivity contribution in [3.05, 3.63) is 0 Å². The van der Waals surface area contributed by atoms with Gasteiger partial charge in [-0.25, -0.2) is 0 Å². The third-order valence-corrected chi connectivity index (χ3v) is 5.37. The SMILES string of the molecule is CCC(O)C1CC(NCC2CCCC2)CN(C(C)C)C1. The van der Waals surface area contributed by atoms with E-state index in [0.717, 1.165) is 31.8 Å². The highest BCUT2D eigenvalue weighted by Crippen LogP contribution is 2.26. The van der Waals surface area contributed by atoms with Gasteiger partial charge in [-0.15, -0.1) is 0 Å². The minimum absolute atomic E-state index is 0.132. The molecule has 0 bridgehead atoms. The standard InChI is InChI=1S/C17H34N2O/c1-4-17(20)15-9-16(12-19(11-15)13(2)3)18-10-14-7-5-6-8-14/h13-18,20H,4-12H2,1-3H3. The molecule has 0 spiro atoms. The summed E-state index contributed by atoms with van der Waals surface area (Å²) in [5.41, 5.74) is 0. The van der Waals surface area contributed by atoms with Crippen LogP contribution in [0, 0.1) is 11.8 Å². The van der Waals surface area contributed by atoms with E-state index in [1.807, 2.05) is 0 Å². The number of aliphatic hydroxyl groups excluding tert-OH is 1. The van der Waals surface area contributed by atoms with Crippen LogP contribution >= 0.6 is 0 Å². The van der Waals surface area contributed by atoms with Crippen molar-refractivity contribution < 1.29 is 5.11 Å². The predicted octanol–water partition coefficient (Wildman–Crippen LogP) is 2.64. The van der Waals surface area contributed by atoms with Gasteiger partial charge in [0.15, 0.2) is 0 Å². The van der Waals surface area contributed by atoms with E-state index in [2.05, 4.69) is 31.0 Å². The predicted molar refractivity (Wildman–Crippen MR) is 84.9 cm³/mol. The molecule has 3 nitrogen and oxygen atoms in total. The fourth-order valence-corrected chi connectivity index (χ4v) is 3.90. The van der Waals surface area contributed by atoms with Crippen molar-refractivity contribution >= 4 is 0 Å². The summed E-state index contributed by atoms with van der Waals surface area (Å²) in [6, 6.07) is 1.15. The van der Waals surface area contributed by atoms with E-state index in [1.54, 1.807) is 0 Å². The van der Waals surface area contributed by atoms with E-state index in [-0.39, 0.29) is 6.10 Å². The topological polar surface area (TPSA) is 35.5 Å². The Hall–Kier alpha value is -0.120. The number of nitrogens with zero attached hydrogens (tertiary/aromatic N) is 1. The van der Waals surface area contributed by atoms with Crippen molar-refractivity contribution in [3.8, 4) is 0 Å². The molecule has 1 saturated heterocycles. The van der Waals surface area contributed by atoms with Crippen molar-refractivity contribution in [1.82, 2.24) is 10.2 Å². The summed E-state index contributed by atoms with van der Waals surface area (Å²) in [4.78, 5) is 2.54. The minimum Gasteiger partial charge on any atom is -0.393 e. The molecule has 0 aromatic carbocycles. The molecular formula is C17H34N2O. The molecule has 20 heavy (non-hydrogen) atoms. The molecule has 2 rings (SSSR count). The average Bonchev–Trinajstić information content (AvgIpc) is 2.97. The fraction of sp³-hybridized carbons (Fsp3) is 1.00. The molecule has 2 aliphatic rings. The Morgan fingerprint density at radius 2 is 1.90 bits per heavy atom. The first-order chi connectivity index (χ1) is 9.60. The summed E-state index contributed by atoms with van der Waals surface area (Å²) >= 11 is 0. The van der Waals surface area contributed by atoms with Crippen LogP contribution in [0.25, 0.3) is 0 Å². The van der Waals surface area contributed by atoms with E-state index in [9.17, 15) is 5.11 Å². The number of hydrogen-bond donors (Lipinski definition) is 2. The first-order valence-electron chi connectivity index (χ1n) is 8.75. The molecular weight excluding hydrogens is 248 g/mol. The van der Waals surface area contributed by atoms with Crippen LogP contribution < -0.4 is 5.32 Å². The monoisotopic (exact) mass is 282 g/mol. The number of nitrogens with one attached hydrogen (secondary N) is 1. The van der Waals surface area contributed by atoms with Crippen molar-refractivity contribution in [1.29, 1.82) is 0 Å². The van der Waals surface area contributed by atoms with Crippen LogP contribution in [0.3, 0.4) is 0 Å². The van der Waals surface area contributed by atoms with Crippen LogP contribution in [-0.4, -0.2) is 47.8 Å². The van der Waals surface area contributed by atoms with E-state index in [0.29, 0.717) is 18.0 Å². The summed E-state index contributed by atoms with van der Waals surface area (Å²) in [5.74, 6) is 1.34. The summed E-state index contributed by atoms with van der Waals surface area (Å²) < 4.78 is 0. The van der Waals surface area contributed by atoms with Crippen LogP contribution in [-0.2, 0) is 0 Å². The third-order valence-electron chi connectivity index (χ3n) is 5.37. The average molecular weight is 282 g/mol. The largest absolute Gasteiger partial charge is 0.393 e. The first-order valence-corrected chi connectivity index (χ1v) is 8.75. The molecule has 0 amide bonds. The maximum Gasteiger partial charge on any atom is 0.0578 e. The Labute approximate surface area is 125 Å². The Kier molecular flexibility index (Phi) is 6.31. The summed E-state index contributed by atoms with van der Waals surface area (Å²) in [6.07, 6.45) is 7.56. The number of rotatable bonds is 6. The van der Waals surface area contributed by atoms with Crippen LogP contribution in [0.4, 0.5) is 0 Å². The zero-order chi connectivity index (χ0) is 14.5. The van der Waals surface area contributed by atoms with Gasteiger partial charge in [0.1, 0.15) is 0 Å². The zero-order valence-corrected chi connectivity index (χ0v) is 13.6. The maximum atomic E-state index is 10.2. The lowest BCUT2D eigenvalue weighted by atomic mass is 9.87. The highest BCUT2D eigenvalue weighted by Gasteiger charge is 2.32. The normalized spacial score (nSPS) is 31.1. The van der Waals surface area contributed by atoms with Crippen molar-refractivity contribution in [3.63, 3.8) is 0 Å². The Bertz CT molecular complexity index is 276. The van der Waals surface area contributed by atoms with Crippen LogP contribution in [0.5, 0.6) is 0 Å². The Morgan fingerprint density at radius 1 is 1.20 bits per heavy atom. The van der Waals surface area contributed by atoms with Gasteiger partial charge in [0.2, 0.25) is 0 Å². The lowest BCUT2D eigenvalue weighted by Gasteiger charge is -2.42. The number of piperidine rings is 1. The lowest BCUT2D eigenvalue weighted by molar-refractivity contribution is 0.0241. The first kappa shape index (κ1) is 16.3. The molecule has 1 saturated carbocycles. The molecule has 2 N–H and O–H groups in total. The molecule has 3 atom stereocenters. The molecule has 1 aliphatic carbocycles. The van der Waals surface area contributed by atoms with Gasteiger partial charge < -0.3 is 10.4 Å². The highest BCUT2D eigenvalue weighted by atomic mass is 16.3. The van der Waals surface area contributed by atoms with Gasteiger partial charge in [0.05, 0.1) is 6.10 Å². The van der Waals surface area contributed by atoms with Crippen LogP contribution in [0.1, 0.15) is 59.3 Å². The number of hydrogen-bond acceptors (Lipinski definition) is 3. The van der Waals surface area contributed by atoms with Crippen molar-refractivity contribution in [2.24, 2.45) is 11.8 Å². The van der Waals surface area contributed by atoms with Gasteiger partial charge in [-0.2, -0.15) is 0 Å². The lowest BCUT2D eigenvalue weighted by Crippen LogP contribution is -2.54. The molecule has 2 fully saturated rings. The van der Waals surface area contributed by atoms with Gasteiger partial charge in [-0.05, 0) is 57.9 Å². The van der Waals surface area contributed by atoms with Crippen LogP contribution in [0.15, 0.2) is 0 Å². The summed E-state index contributed by atoms with van der Waals surface area (Å²) in [5, 5.41) is 14.0. The van der Waals surface area contributed by atoms with E-state index in [4.69, 9.17) is 0 Å². The Balaban J connectivity index is 1.85. The molecule has 3 heteroatoms. The zero-order valence-electron chi connectivity index (χ0n) is 13.6. The van der Waals surface area contributed by atoms with Gasteiger partial charge in [-0.3, -0.25) is 4.90 Å². The summed E-state index contributed by atoms with van der Waals surface area (Å²) in [7, 11) is 0. The molecule has 0 aromatic rings. The van der Waals surface area contributed by atoms with Crippen LogP contribution in [0.2, 0.25) is 0 Å². The molecule has 0 radical (unpaired) electrons. The quantitative estimate of drug-likeness (QED) is 0.786. The van der Waals surface area contributed by atoms with Crippen molar-refractivity contribution in [2.75, 3.05) is 19.6 Å². The summed E-state index contributed by atoms with van der Waals surface area (Å²) in [6.45, 7) is 10.0. The van der Waals surface area contributed by atoms with Gasteiger partial charge in [-0.1, -0.05) is 19.8 Å². The molecule has 1 heterocycles. The van der Waals surface area contributed by atoms with E-state index < -0.39 is 0 Å². The minimum atomic E-state index is -0.132. The molecule has 0 aromatic heterocycles. The highest BCUT2D eigenvalue weighted by molar-refractivity contribution is 4.88. The maximum absolute atomic E-state index is 10.2. The Morgan fingerprint density at radius 3 is 2.50 bits per heavy atom. The molecule has 3 unspecified atom stereocenters. The number of likely N-dealkylation sites (tertiary alicyclic amines) is 1. The molecule has 1 aliphatic heterocycles. The smallest absolute Gasteiger partial charge is 0.0578 e. The van der Waals surface area contributed by atoms with Gasteiger partial charge >= 0.3 is 0 Å².